The maximum Gasteiger partial charge on any atom is 0.271 e. The van der Waals surface area contributed by atoms with Crippen molar-refractivity contribution < 1.29 is 14.3 Å². The monoisotopic (exact) mass is 294 g/mol. The fraction of sp³-hybridized carbons (Fsp3) is 0.429. The van der Waals surface area contributed by atoms with Crippen LogP contribution in [-0.2, 0) is 0 Å². The van der Waals surface area contributed by atoms with E-state index in [4.69, 9.17) is 4.42 Å². The third-order valence-electron chi connectivity index (χ3n) is 2.98. The van der Waals surface area contributed by atoms with E-state index in [0.717, 1.165) is 4.88 Å². The molecule has 0 aliphatic carbocycles. The molecule has 108 valence electrons. The molecule has 2 N–H and O–H groups in total. The van der Waals surface area contributed by atoms with Gasteiger partial charge in [-0.1, -0.05) is 13.8 Å². The third kappa shape index (κ3) is 3.26. The number of aliphatic hydroxyl groups excluding tert-OH is 1. The van der Waals surface area contributed by atoms with Crippen LogP contribution in [0.15, 0.2) is 22.8 Å². The highest BCUT2D eigenvalue weighted by Gasteiger charge is 2.18. The number of aliphatic hydroxyl groups is 1. The van der Waals surface area contributed by atoms with Crippen LogP contribution in [0.5, 0.6) is 0 Å². The number of amides is 1. The number of rotatable bonds is 5. The highest BCUT2D eigenvalue weighted by molar-refractivity contribution is 7.15. The van der Waals surface area contributed by atoms with Gasteiger partial charge in [-0.05, 0) is 25.0 Å². The molecule has 0 bridgehead atoms. The van der Waals surface area contributed by atoms with E-state index in [9.17, 15) is 9.90 Å². The van der Waals surface area contributed by atoms with Gasteiger partial charge in [0.1, 0.15) is 5.69 Å². The average molecular weight is 294 g/mol. The van der Waals surface area contributed by atoms with Crippen molar-refractivity contribution in [3.05, 3.63) is 29.0 Å². The van der Waals surface area contributed by atoms with E-state index >= 15 is 0 Å². The molecule has 2 aromatic rings. The summed E-state index contributed by atoms with van der Waals surface area (Å²) in [5.41, 5.74) is 0.386. The van der Waals surface area contributed by atoms with E-state index in [1.165, 1.54) is 11.3 Å². The van der Waals surface area contributed by atoms with Crippen molar-refractivity contribution in [1.82, 2.24) is 10.3 Å². The molecule has 0 saturated carbocycles. The molecule has 0 saturated heterocycles. The molecule has 0 radical (unpaired) electrons. The lowest BCUT2D eigenvalue weighted by Crippen LogP contribution is -2.35. The van der Waals surface area contributed by atoms with E-state index in [2.05, 4.69) is 10.3 Å². The molecule has 0 aliphatic rings. The average Bonchev–Trinajstić information content (AvgIpc) is 3.04. The molecule has 0 aliphatic heterocycles. The summed E-state index contributed by atoms with van der Waals surface area (Å²) in [6.07, 6.45) is 1.02. The van der Waals surface area contributed by atoms with Gasteiger partial charge in [-0.2, -0.15) is 0 Å². The number of nitrogens with zero attached hydrogens (tertiary/aromatic N) is 1. The van der Waals surface area contributed by atoms with Crippen LogP contribution in [0, 0.1) is 12.8 Å². The first-order valence-corrected chi connectivity index (χ1v) is 7.28. The van der Waals surface area contributed by atoms with Gasteiger partial charge in [0.2, 0.25) is 0 Å². The molecular formula is C14H18N2O3S. The number of carbonyl (C=O) groups is 1. The van der Waals surface area contributed by atoms with Gasteiger partial charge >= 0.3 is 0 Å². The Bertz CT molecular complexity index is 575. The summed E-state index contributed by atoms with van der Waals surface area (Å²) in [5.74, 6) is 0.487. The zero-order valence-corrected chi connectivity index (χ0v) is 12.5. The van der Waals surface area contributed by atoms with Crippen LogP contribution in [0.2, 0.25) is 0 Å². The lowest BCUT2D eigenvalue weighted by molar-refractivity contribution is 0.0867. The summed E-state index contributed by atoms with van der Waals surface area (Å²) < 4.78 is 5.27. The van der Waals surface area contributed by atoms with E-state index in [0.29, 0.717) is 16.5 Å². The van der Waals surface area contributed by atoms with Crippen LogP contribution < -0.4 is 5.32 Å². The zero-order chi connectivity index (χ0) is 14.7. The number of aryl methyl sites for hydroxylation is 1. The second-order valence-corrected chi connectivity index (χ2v) is 6.13. The van der Waals surface area contributed by atoms with Gasteiger partial charge in [-0.3, -0.25) is 4.79 Å². The molecule has 1 amide bonds. The standard InChI is InChI=1S/C14H18N2O3S/c1-8(2)10(17)7-15-13(18)12-9(3)20-14(16-12)11-5-4-6-19-11/h4-6,8,10,17H,7H2,1-3H3,(H,15,18). The first kappa shape index (κ1) is 14.7. The number of hydrogen-bond donors (Lipinski definition) is 2. The molecule has 0 fully saturated rings. The number of thiazole rings is 1. The predicted molar refractivity (Wildman–Crippen MR) is 77.7 cm³/mol. The molecule has 0 spiro atoms. The van der Waals surface area contributed by atoms with Crippen LogP contribution in [0.1, 0.15) is 29.2 Å². The van der Waals surface area contributed by atoms with Crippen LogP contribution in [0.3, 0.4) is 0 Å². The van der Waals surface area contributed by atoms with Crippen LogP contribution in [-0.4, -0.2) is 28.6 Å². The Morgan fingerprint density at radius 2 is 2.30 bits per heavy atom. The zero-order valence-electron chi connectivity index (χ0n) is 11.7. The number of furan rings is 1. The minimum absolute atomic E-state index is 0.102. The minimum atomic E-state index is -0.553. The van der Waals surface area contributed by atoms with Crippen molar-refractivity contribution in [3.8, 4) is 10.8 Å². The van der Waals surface area contributed by atoms with Gasteiger partial charge in [-0.25, -0.2) is 4.98 Å². The smallest absolute Gasteiger partial charge is 0.271 e. The summed E-state index contributed by atoms with van der Waals surface area (Å²) in [7, 11) is 0. The normalized spacial score (nSPS) is 12.7. The molecule has 1 unspecified atom stereocenters. The van der Waals surface area contributed by atoms with E-state index < -0.39 is 6.10 Å². The molecule has 6 heteroatoms. The Hall–Kier alpha value is -1.66. The minimum Gasteiger partial charge on any atom is -0.462 e. The Morgan fingerprint density at radius 3 is 2.90 bits per heavy atom. The lowest BCUT2D eigenvalue weighted by atomic mass is 10.1. The van der Waals surface area contributed by atoms with Gasteiger partial charge in [0.05, 0.1) is 12.4 Å². The Labute approximate surface area is 121 Å². The van der Waals surface area contributed by atoms with Crippen LogP contribution in [0.25, 0.3) is 10.8 Å². The Kier molecular flexibility index (Phi) is 4.57. The van der Waals surface area contributed by atoms with E-state index in [1.807, 2.05) is 26.8 Å². The van der Waals surface area contributed by atoms with Crippen molar-refractivity contribution >= 4 is 17.2 Å². The lowest BCUT2D eigenvalue weighted by Gasteiger charge is -2.14. The molecule has 2 heterocycles. The van der Waals surface area contributed by atoms with Crippen molar-refractivity contribution in [1.29, 1.82) is 0 Å². The molecule has 2 aromatic heterocycles. The number of carbonyl (C=O) groups excluding carboxylic acids is 1. The Morgan fingerprint density at radius 1 is 1.55 bits per heavy atom. The highest BCUT2D eigenvalue weighted by Crippen LogP contribution is 2.27. The summed E-state index contributed by atoms with van der Waals surface area (Å²) in [6, 6.07) is 3.59. The SMILES string of the molecule is Cc1sc(-c2ccco2)nc1C(=O)NCC(O)C(C)C. The molecule has 1 atom stereocenters. The second kappa shape index (κ2) is 6.19. The number of nitrogens with one attached hydrogen (secondary N) is 1. The highest BCUT2D eigenvalue weighted by atomic mass is 32.1. The first-order valence-electron chi connectivity index (χ1n) is 6.46. The fourth-order valence-electron chi connectivity index (χ4n) is 1.63. The number of hydrogen-bond acceptors (Lipinski definition) is 5. The van der Waals surface area contributed by atoms with Crippen molar-refractivity contribution in [3.63, 3.8) is 0 Å². The summed E-state index contributed by atoms with van der Waals surface area (Å²) >= 11 is 1.41. The van der Waals surface area contributed by atoms with E-state index in [-0.39, 0.29) is 18.4 Å². The summed E-state index contributed by atoms with van der Waals surface area (Å²) in [4.78, 5) is 17.2. The summed E-state index contributed by atoms with van der Waals surface area (Å²) in [6.45, 7) is 5.88. The van der Waals surface area contributed by atoms with Crippen molar-refractivity contribution in [2.75, 3.05) is 6.54 Å². The molecule has 20 heavy (non-hydrogen) atoms. The van der Waals surface area contributed by atoms with Crippen molar-refractivity contribution in [2.45, 2.75) is 26.9 Å². The van der Waals surface area contributed by atoms with E-state index in [1.54, 1.807) is 12.3 Å². The van der Waals surface area contributed by atoms with Gasteiger partial charge in [0.25, 0.3) is 5.91 Å². The molecule has 0 aromatic carbocycles. The second-order valence-electron chi connectivity index (χ2n) is 4.92. The van der Waals surface area contributed by atoms with Gasteiger partial charge < -0.3 is 14.8 Å². The maximum atomic E-state index is 12.1. The quantitative estimate of drug-likeness (QED) is 0.888. The van der Waals surface area contributed by atoms with Gasteiger partial charge in [-0.15, -0.1) is 11.3 Å². The van der Waals surface area contributed by atoms with Crippen LogP contribution in [0.4, 0.5) is 0 Å². The molecule has 2 rings (SSSR count). The fourth-order valence-corrected chi connectivity index (χ4v) is 2.51. The Balaban J connectivity index is 2.07. The third-order valence-corrected chi connectivity index (χ3v) is 3.97. The van der Waals surface area contributed by atoms with Gasteiger partial charge in [0, 0.05) is 11.4 Å². The molecule has 5 nitrogen and oxygen atoms in total. The predicted octanol–water partition coefficient (Wildman–Crippen LogP) is 2.46. The topological polar surface area (TPSA) is 75.4 Å². The first-order chi connectivity index (χ1) is 9.49. The number of aromatic nitrogens is 1. The van der Waals surface area contributed by atoms with Crippen molar-refractivity contribution in [2.24, 2.45) is 5.92 Å². The van der Waals surface area contributed by atoms with Crippen LogP contribution >= 0.6 is 11.3 Å². The van der Waals surface area contributed by atoms with Gasteiger partial charge in [0.15, 0.2) is 10.8 Å². The largest absolute Gasteiger partial charge is 0.462 e. The summed E-state index contributed by atoms with van der Waals surface area (Å²) in [5, 5.41) is 13.1. The molecular weight excluding hydrogens is 276 g/mol. The maximum absolute atomic E-state index is 12.1.